The van der Waals surface area contributed by atoms with E-state index in [4.69, 9.17) is 10.00 Å². The third-order valence-electron chi connectivity index (χ3n) is 2.57. The maximum absolute atomic E-state index is 8.77. The molecule has 3 nitrogen and oxygen atoms in total. The van der Waals surface area contributed by atoms with Gasteiger partial charge in [0.1, 0.15) is 5.75 Å². The van der Waals surface area contributed by atoms with E-state index in [0.29, 0.717) is 12.6 Å². The highest BCUT2D eigenvalue weighted by Crippen LogP contribution is 2.19. The molecule has 86 valence electrons. The molecule has 0 saturated carbocycles. The molecule has 0 amide bonds. The number of hydrogen-bond donors (Lipinski definition) is 0. The quantitative estimate of drug-likeness (QED) is 0.712. The zero-order chi connectivity index (χ0) is 12.0. The molecule has 0 aliphatic heterocycles. The van der Waals surface area contributed by atoms with Crippen LogP contribution in [0.25, 0.3) is 0 Å². The van der Waals surface area contributed by atoms with Gasteiger partial charge in [0.2, 0.25) is 0 Å². The first-order valence-electron chi connectivity index (χ1n) is 5.42. The van der Waals surface area contributed by atoms with Crippen molar-refractivity contribution < 1.29 is 4.74 Å². The summed E-state index contributed by atoms with van der Waals surface area (Å²) in [5.74, 6) is 0.881. The first-order chi connectivity index (χ1) is 7.69. The van der Waals surface area contributed by atoms with Crippen molar-refractivity contribution in [3.8, 4) is 11.8 Å². The van der Waals surface area contributed by atoms with E-state index in [9.17, 15) is 0 Å². The fourth-order valence-corrected chi connectivity index (χ4v) is 1.56. The van der Waals surface area contributed by atoms with Crippen molar-refractivity contribution >= 4 is 0 Å². The molecule has 0 radical (unpaired) electrons. The van der Waals surface area contributed by atoms with Gasteiger partial charge in [-0.2, -0.15) is 5.26 Å². The van der Waals surface area contributed by atoms with Crippen LogP contribution in [0.15, 0.2) is 24.3 Å². The van der Waals surface area contributed by atoms with E-state index in [-0.39, 0.29) is 0 Å². The highest BCUT2D eigenvalue weighted by Gasteiger charge is 2.11. The molecular weight excluding hydrogens is 200 g/mol. The average Bonchev–Trinajstić information content (AvgIpc) is 2.29. The lowest BCUT2D eigenvalue weighted by atomic mass is 10.1. The van der Waals surface area contributed by atoms with Gasteiger partial charge >= 0.3 is 0 Å². The van der Waals surface area contributed by atoms with Gasteiger partial charge in [0.05, 0.1) is 19.7 Å². The van der Waals surface area contributed by atoms with Crippen molar-refractivity contribution in [2.75, 3.05) is 13.7 Å². The van der Waals surface area contributed by atoms with Crippen molar-refractivity contribution in [3.63, 3.8) is 0 Å². The predicted octanol–water partition coefficient (Wildman–Crippen LogP) is 2.43. The van der Waals surface area contributed by atoms with E-state index in [1.54, 1.807) is 7.11 Å². The summed E-state index contributed by atoms with van der Waals surface area (Å²) in [5, 5.41) is 8.77. The summed E-state index contributed by atoms with van der Waals surface area (Å²) in [6, 6.07) is 10.5. The highest BCUT2D eigenvalue weighted by atomic mass is 16.5. The van der Waals surface area contributed by atoms with Gasteiger partial charge in [-0.1, -0.05) is 18.2 Å². The fourth-order valence-electron chi connectivity index (χ4n) is 1.56. The first kappa shape index (κ1) is 12.5. The number of nitrogens with zero attached hydrogens (tertiary/aromatic N) is 2. The summed E-state index contributed by atoms with van der Waals surface area (Å²) in [7, 11) is 1.67. The standard InChI is InChI=1S/C13H18N2O/c1-11(2)15(9-8-14)10-12-6-4-5-7-13(12)16-3/h4-7,11H,9-10H2,1-3H3. The van der Waals surface area contributed by atoms with Gasteiger partial charge in [-0.15, -0.1) is 0 Å². The summed E-state index contributed by atoms with van der Waals surface area (Å²) in [6.45, 7) is 5.37. The second kappa shape index (κ2) is 6.14. The molecule has 0 spiro atoms. The number of benzene rings is 1. The van der Waals surface area contributed by atoms with Crippen LogP contribution in [0.4, 0.5) is 0 Å². The fraction of sp³-hybridized carbons (Fsp3) is 0.462. The van der Waals surface area contributed by atoms with Crippen LogP contribution in [0, 0.1) is 11.3 Å². The van der Waals surface area contributed by atoms with E-state index in [2.05, 4.69) is 24.8 Å². The lowest BCUT2D eigenvalue weighted by Crippen LogP contribution is -2.30. The minimum atomic E-state index is 0.351. The van der Waals surface area contributed by atoms with Crippen LogP contribution in [0.5, 0.6) is 5.75 Å². The number of para-hydroxylation sites is 1. The van der Waals surface area contributed by atoms with E-state index in [1.807, 2.05) is 24.3 Å². The zero-order valence-corrected chi connectivity index (χ0v) is 10.1. The first-order valence-corrected chi connectivity index (χ1v) is 5.42. The zero-order valence-electron chi connectivity index (χ0n) is 10.1. The minimum absolute atomic E-state index is 0.351. The number of hydrogen-bond acceptors (Lipinski definition) is 3. The minimum Gasteiger partial charge on any atom is -0.496 e. The third kappa shape index (κ3) is 3.25. The molecule has 0 aromatic heterocycles. The van der Waals surface area contributed by atoms with Crippen molar-refractivity contribution in [3.05, 3.63) is 29.8 Å². The SMILES string of the molecule is COc1ccccc1CN(CC#N)C(C)C. The van der Waals surface area contributed by atoms with Crippen LogP contribution >= 0.6 is 0 Å². The number of rotatable bonds is 5. The number of ether oxygens (including phenoxy) is 1. The lowest BCUT2D eigenvalue weighted by Gasteiger charge is -2.24. The van der Waals surface area contributed by atoms with E-state index in [0.717, 1.165) is 17.9 Å². The topological polar surface area (TPSA) is 36.3 Å². The van der Waals surface area contributed by atoms with Crippen LogP contribution in [0.1, 0.15) is 19.4 Å². The van der Waals surface area contributed by atoms with Gasteiger partial charge in [-0.25, -0.2) is 0 Å². The summed E-state index contributed by atoms with van der Waals surface area (Å²) < 4.78 is 5.29. The monoisotopic (exact) mass is 218 g/mol. The van der Waals surface area contributed by atoms with Gasteiger partial charge in [-0.05, 0) is 19.9 Å². The van der Waals surface area contributed by atoms with E-state index in [1.165, 1.54) is 0 Å². The average molecular weight is 218 g/mol. The smallest absolute Gasteiger partial charge is 0.123 e. The molecule has 0 atom stereocenters. The summed E-state index contributed by atoms with van der Waals surface area (Å²) >= 11 is 0. The van der Waals surface area contributed by atoms with E-state index < -0.39 is 0 Å². The lowest BCUT2D eigenvalue weighted by molar-refractivity contribution is 0.236. The molecule has 0 unspecified atom stereocenters. The molecule has 0 bridgehead atoms. The second-order valence-corrected chi connectivity index (χ2v) is 3.97. The van der Waals surface area contributed by atoms with Crippen LogP contribution in [0.3, 0.4) is 0 Å². The van der Waals surface area contributed by atoms with Crippen LogP contribution in [-0.4, -0.2) is 24.6 Å². The molecule has 3 heteroatoms. The molecule has 0 fully saturated rings. The molecule has 0 aliphatic rings. The predicted molar refractivity (Wildman–Crippen MR) is 64.2 cm³/mol. The number of nitriles is 1. The molecule has 0 heterocycles. The molecular formula is C13H18N2O. The van der Waals surface area contributed by atoms with Gasteiger partial charge in [-0.3, -0.25) is 4.90 Å². The largest absolute Gasteiger partial charge is 0.496 e. The molecule has 1 aromatic rings. The maximum Gasteiger partial charge on any atom is 0.123 e. The van der Waals surface area contributed by atoms with Crippen LogP contribution < -0.4 is 4.74 Å². The van der Waals surface area contributed by atoms with E-state index >= 15 is 0 Å². The Morgan fingerprint density at radius 3 is 2.62 bits per heavy atom. The Labute approximate surface area is 97.3 Å². The molecule has 1 rings (SSSR count). The van der Waals surface area contributed by atoms with Crippen LogP contribution in [-0.2, 0) is 6.54 Å². The summed E-state index contributed by atoms with van der Waals surface area (Å²) in [4.78, 5) is 2.11. The Bertz CT molecular complexity index is 368. The third-order valence-corrected chi connectivity index (χ3v) is 2.57. The van der Waals surface area contributed by atoms with Gasteiger partial charge < -0.3 is 4.74 Å². The van der Waals surface area contributed by atoms with Crippen molar-refractivity contribution in [1.82, 2.24) is 4.90 Å². The Kier molecular flexibility index (Phi) is 4.81. The second-order valence-electron chi connectivity index (χ2n) is 3.97. The van der Waals surface area contributed by atoms with Crippen molar-refractivity contribution in [2.45, 2.75) is 26.4 Å². The summed E-state index contributed by atoms with van der Waals surface area (Å²) in [6.07, 6.45) is 0. The highest BCUT2D eigenvalue weighted by molar-refractivity contribution is 5.33. The Balaban J connectivity index is 2.81. The maximum atomic E-state index is 8.77. The number of methoxy groups -OCH3 is 1. The Hall–Kier alpha value is -1.53. The van der Waals surface area contributed by atoms with Gasteiger partial charge in [0.25, 0.3) is 0 Å². The Morgan fingerprint density at radius 2 is 2.06 bits per heavy atom. The normalized spacial score (nSPS) is 10.5. The van der Waals surface area contributed by atoms with Crippen molar-refractivity contribution in [2.24, 2.45) is 0 Å². The molecule has 16 heavy (non-hydrogen) atoms. The summed E-state index contributed by atoms with van der Waals surface area (Å²) in [5.41, 5.74) is 1.12. The molecule has 0 saturated heterocycles. The molecule has 0 aliphatic carbocycles. The van der Waals surface area contributed by atoms with Crippen molar-refractivity contribution in [1.29, 1.82) is 5.26 Å². The van der Waals surface area contributed by atoms with Gasteiger partial charge in [0, 0.05) is 18.2 Å². The van der Waals surface area contributed by atoms with Crippen LogP contribution in [0.2, 0.25) is 0 Å². The molecule has 0 N–H and O–H groups in total. The van der Waals surface area contributed by atoms with Gasteiger partial charge in [0.15, 0.2) is 0 Å². The molecule has 1 aromatic carbocycles. The Morgan fingerprint density at radius 1 is 1.38 bits per heavy atom.